The van der Waals surface area contributed by atoms with Gasteiger partial charge in [-0.25, -0.2) is 9.97 Å². The fraction of sp³-hybridized carbons (Fsp3) is 0. The van der Waals surface area contributed by atoms with Crippen LogP contribution in [0, 0.1) is 0 Å². The zero-order valence-corrected chi connectivity index (χ0v) is 16.4. The van der Waals surface area contributed by atoms with Crippen LogP contribution in [0.3, 0.4) is 0 Å². The number of aromatic hydroxyl groups is 2. The van der Waals surface area contributed by atoms with Crippen LogP contribution in [-0.2, 0) is 0 Å². The average molecular weight is 425 g/mol. The summed E-state index contributed by atoms with van der Waals surface area (Å²) in [5, 5.41) is 25.6. The molecule has 0 aliphatic carbocycles. The van der Waals surface area contributed by atoms with E-state index in [9.17, 15) is 10.2 Å². The van der Waals surface area contributed by atoms with Gasteiger partial charge in [-0.05, 0) is 36.4 Å². The van der Waals surface area contributed by atoms with E-state index in [1.807, 2.05) is 24.3 Å². The Kier molecular flexibility index (Phi) is 5.20. The van der Waals surface area contributed by atoms with Crippen molar-refractivity contribution in [2.45, 2.75) is 0 Å². The summed E-state index contributed by atoms with van der Waals surface area (Å²) in [6, 6.07) is 17.2. The van der Waals surface area contributed by atoms with Gasteiger partial charge in [-0.2, -0.15) is 5.10 Å². The highest BCUT2D eigenvalue weighted by molar-refractivity contribution is 6.36. The fourth-order valence-electron chi connectivity index (χ4n) is 2.79. The Morgan fingerprint density at radius 2 is 1.69 bits per heavy atom. The number of phenols is 2. The lowest BCUT2D eigenvalue weighted by Crippen LogP contribution is -1.99. The molecule has 0 radical (unpaired) electrons. The van der Waals surface area contributed by atoms with Gasteiger partial charge in [0.25, 0.3) is 0 Å². The molecule has 6 nitrogen and oxygen atoms in total. The Hall–Kier alpha value is -3.35. The molecule has 0 aliphatic heterocycles. The smallest absolute Gasteiger partial charge is 0.165 e. The maximum absolute atomic E-state index is 10.2. The Balaban J connectivity index is 1.75. The normalized spacial score (nSPS) is 11.2. The first-order valence-electron chi connectivity index (χ1n) is 8.55. The topological polar surface area (TPSA) is 90.6 Å². The van der Waals surface area contributed by atoms with Gasteiger partial charge >= 0.3 is 0 Å². The van der Waals surface area contributed by atoms with Crippen LogP contribution in [0.25, 0.3) is 22.3 Å². The van der Waals surface area contributed by atoms with Crippen LogP contribution in [-0.4, -0.2) is 26.4 Å². The number of benzene rings is 3. The van der Waals surface area contributed by atoms with E-state index in [1.165, 1.54) is 12.3 Å². The van der Waals surface area contributed by atoms with Crippen molar-refractivity contribution in [1.82, 2.24) is 9.97 Å². The molecule has 0 spiro atoms. The van der Waals surface area contributed by atoms with Crippen molar-refractivity contribution >= 4 is 46.1 Å². The lowest BCUT2D eigenvalue weighted by molar-refractivity contribution is 0.474. The van der Waals surface area contributed by atoms with E-state index in [2.05, 4.69) is 20.5 Å². The largest absolute Gasteiger partial charge is 0.507 e. The minimum absolute atomic E-state index is 0.0794. The molecule has 3 N–H and O–H groups in total. The average Bonchev–Trinajstić information content (AvgIpc) is 2.71. The van der Waals surface area contributed by atoms with E-state index in [4.69, 9.17) is 23.2 Å². The van der Waals surface area contributed by atoms with Crippen LogP contribution in [0.2, 0.25) is 10.0 Å². The summed E-state index contributed by atoms with van der Waals surface area (Å²) in [6.45, 7) is 0. The van der Waals surface area contributed by atoms with Crippen LogP contribution >= 0.6 is 23.2 Å². The Labute approximate surface area is 176 Å². The first-order valence-corrected chi connectivity index (χ1v) is 9.31. The van der Waals surface area contributed by atoms with Crippen molar-refractivity contribution < 1.29 is 10.2 Å². The van der Waals surface area contributed by atoms with Crippen molar-refractivity contribution in [1.29, 1.82) is 0 Å². The maximum Gasteiger partial charge on any atom is 0.165 e. The predicted octanol–water partition coefficient (Wildman–Crippen LogP) is 5.46. The minimum Gasteiger partial charge on any atom is -0.507 e. The number of hydrogen-bond donors (Lipinski definition) is 3. The summed E-state index contributed by atoms with van der Waals surface area (Å²) in [7, 11) is 0. The van der Waals surface area contributed by atoms with Crippen LogP contribution < -0.4 is 5.43 Å². The molecule has 1 heterocycles. The summed E-state index contributed by atoms with van der Waals surface area (Å²) < 4.78 is 0. The maximum atomic E-state index is 10.2. The third-order valence-electron chi connectivity index (χ3n) is 4.18. The minimum atomic E-state index is -0.121. The van der Waals surface area contributed by atoms with Gasteiger partial charge in [0.05, 0.1) is 22.3 Å². The summed E-state index contributed by atoms with van der Waals surface area (Å²) in [4.78, 5) is 9.04. The molecule has 1 aromatic heterocycles. The van der Waals surface area contributed by atoms with Gasteiger partial charge < -0.3 is 10.2 Å². The summed E-state index contributed by atoms with van der Waals surface area (Å²) in [5.74, 6) is 0.755. The standard InChI is InChI=1S/C21H14Cl2N4O2/c22-13-9-12(19(29)16(23)10-13)11-24-27-21-14-5-1-3-7-17(14)25-20(26-21)15-6-2-4-8-18(15)28/h1-11,28-29H,(H,25,26,27). The number of aromatic nitrogens is 2. The number of anilines is 1. The van der Waals surface area contributed by atoms with E-state index in [-0.39, 0.29) is 16.5 Å². The number of rotatable bonds is 4. The van der Waals surface area contributed by atoms with Gasteiger partial charge in [0.15, 0.2) is 11.6 Å². The molecule has 3 aromatic carbocycles. The monoisotopic (exact) mass is 424 g/mol. The van der Waals surface area contributed by atoms with Gasteiger partial charge in [-0.15, -0.1) is 0 Å². The van der Waals surface area contributed by atoms with E-state index in [0.717, 1.165) is 5.39 Å². The molecule has 144 valence electrons. The molecule has 8 heteroatoms. The van der Waals surface area contributed by atoms with Crippen LogP contribution in [0.1, 0.15) is 5.56 Å². The fourth-order valence-corrected chi connectivity index (χ4v) is 3.30. The third kappa shape index (κ3) is 3.94. The SMILES string of the molecule is Oc1ccccc1-c1nc(NN=Cc2cc(Cl)cc(Cl)c2O)c2ccccc2n1. The quantitative estimate of drug-likeness (QED) is 0.298. The number of para-hydroxylation sites is 2. The van der Waals surface area contributed by atoms with E-state index < -0.39 is 0 Å². The van der Waals surface area contributed by atoms with Gasteiger partial charge in [0.1, 0.15) is 11.5 Å². The van der Waals surface area contributed by atoms with Gasteiger partial charge in [0.2, 0.25) is 0 Å². The molecule has 0 saturated heterocycles. The molecular formula is C21H14Cl2N4O2. The Bertz CT molecular complexity index is 1240. The van der Waals surface area contributed by atoms with E-state index in [0.29, 0.717) is 33.3 Å². The van der Waals surface area contributed by atoms with E-state index in [1.54, 1.807) is 30.3 Å². The Morgan fingerprint density at radius 3 is 2.52 bits per heavy atom. The first kappa shape index (κ1) is 19.0. The van der Waals surface area contributed by atoms with Gasteiger partial charge in [-0.3, -0.25) is 5.43 Å². The van der Waals surface area contributed by atoms with Crippen LogP contribution in [0.5, 0.6) is 11.5 Å². The number of fused-ring (bicyclic) bond motifs is 1. The van der Waals surface area contributed by atoms with Crippen LogP contribution in [0.15, 0.2) is 65.8 Å². The predicted molar refractivity (Wildman–Crippen MR) is 116 cm³/mol. The highest BCUT2D eigenvalue weighted by atomic mass is 35.5. The molecule has 4 rings (SSSR count). The molecule has 0 amide bonds. The van der Waals surface area contributed by atoms with Crippen molar-refractivity contribution in [2.24, 2.45) is 5.10 Å². The number of nitrogens with one attached hydrogen (secondary N) is 1. The summed E-state index contributed by atoms with van der Waals surface area (Å²) >= 11 is 11.9. The van der Waals surface area contributed by atoms with E-state index >= 15 is 0 Å². The van der Waals surface area contributed by atoms with Crippen molar-refractivity contribution in [2.75, 3.05) is 5.43 Å². The van der Waals surface area contributed by atoms with Gasteiger partial charge in [0, 0.05) is 16.0 Å². The van der Waals surface area contributed by atoms with Crippen LogP contribution in [0.4, 0.5) is 5.82 Å². The number of nitrogens with zero attached hydrogens (tertiary/aromatic N) is 3. The van der Waals surface area contributed by atoms with Crippen molar-refractivity contribution in [3.8, 4) is 22.9 Å². The summed E-state index contributed by atoms with van der Waals surface area (Å²) in [5.41, 5.74) is 4.42. The second-order valence-corrected chi connectivity index (χ2v) is 6.97. The van der Waals surface area contributed by atoms with Crippen molar-refractivity contribution in [3.05, 3.63) is 76.3 Å². The molecule has 0 bridgehead atoms. The molecule has 0 aliphatic rings. The lowest BCUT2D eigenvalue weighted by Gasteiger charge is -2.09. The third-order valence-corrected chi connectivity index (χ3v) is 4.69. The zero-order chi connectivity index (χ0) is 20.4. The highest BCUT2D eigenvalue weighted by Crippen LogP contribution is 2.31. The zero-order valence-electron chi connectivity index (χ0n) is 14.8. The molecule has 4 aromatic rings. The van der Waals surface area contributed by atoms with Gasteiger partial charge in [-0.1, -0.05) is 47.5 Å². The number of phenolic OH excluding ortho intramolecular Hbond substituents is 2. The number of hydrogen-bond acceptors (Lipinski definition) is 6. The summed E-state index contributed by atoms with van der Waals surface area (Å²) in [6.07, 6.45) is 1.39. The molecular weight excluding hydrogens is 411 g/mol. The number of hydrazone groups is 1. The first-order chi connectivity index (χ1) is 14.0. The molecule has 29 heavy (non-hydrogen) atoms. The second-order valence-electron chi connectivity index (χ2n) is 6.13. The molecule has 0 atom stereocenters. The van der Waals surface area contributed by atoms with Crippen molar-refractivity contribution in [3.63, 3.8) is 0 Å². The Morgan fingerprint density at radius 1 is 0.931 bits per heavy atom. The second kappa shape index (κ2) is 7.95. The molecule has 0 saturated carbocycles. The molecule has 0 unspecified atom stereocenters. The molecule has 0 fully saturated rings. The highest BCUT2D eigenvalue weighted by Gasteiger charge is 2.12. The number of halogens is 2. The lowest BCUT2D eigenvalue weighted by atomic mass is 10.1.